The molecular weight excluding hydrogens is 376 g/mol. The lowest BCUT2D eigenvalue weighted by molar-refractivity contribution is 0.387. The van der Waals surface area contributed by atoms with Crippen LogP contribution in [-0.4, -0.2) is 40.1 Å². The van der Waals surface area contributed by atoms with Crippen LogP contribution in [0.4, 0.5) is 0 Å². The summed E-state index contributed by atoms with van der Waals surface area (Å²) in [5.74, 6) is 0.972. The van der Waals surface area contributed by atoms with Crippen LogP contribution in [0, 0.1) is 0 Å². The molecule has 0 atom stereocenters. The molecule has 0 amide bonds. The number of rotatable bonds is 4. The molecule has 0 aliphatic carbocycles. The zero-order valence-corrected chi connectivity index (χ0v) is 15.9. The summed E-state index contributed by atoms with van der Waals surface area (Å²) in [6.45, 7) is 1.83. The first kappa shape index (κ1) is 16.2. The normalized spacial score (nSPS) is 11.7. The van der Waals surface area contributed by atoms with Crippen molar-refractivity contribution in [3.63, 3.8) is 0 Å². The molecule has 0 spiro atoms. The van der Waals surface area contributed by atoms with Crippen molar-refractivity contribution >= 4 is 37.9 Å². The van der Waals surface area contributed by atoms with Crippen molar-refractivity contribution in [2.24, 2.45) is 0 Å². The van der Waals surface area contributed by atoms with E-state index in [0.717, 1.165) is 50.9 Å². The Morgan fingerprint density at radius 3 is 2.76 bits per heavy atom. The molecule has 0 saturated carbocycles. The maximum absolute atomic E-state index is 4.95. The molecule has 4 rings (SSSR count). The van der Waals surface area contributed by atoms with Crippen molar-refractivity contribution in [1.82, 2.24) is 19.4 Å². The number of para-hydroxylation sites is 1. The molecular formula is C20H19BrN4. The van der Waals surface area contributed by atoms with Crippen LogP contribution in [0.5, 0.6) is 0 Å². The van der Waals surface area contributed by atoms with Crippen LogP contribution in [0.3, 0.4) is 0 Å². The van der Waals surface area contributed by atoms with E-state index in [1.165, 1.54) is 0 Å². The zero-order chi connectivity index (χ0) is 17.4. The molecule has 0 aliphatic heterocycles. The molecule has 2 heterocycles. The van der Waals surface area contributed by atoms with Gasteiger partial charge in [-0.25, -0.2) is 4.98 Å². The highest BCUT2D eigenvalue weighted by Crippen LogP contribution is 2.30. The lowest BCUT2D eigenvalue weighted by Gasteiger charge is -2.14. The molecule has 2 aromatic heterocycles. The third-order valence-electron chi connectivity index (χ3n) is 4.35. The number of halogens is 1. The average Bonchev–Trinajstić information content (AvgIpc) is 2.96. The van der Waals surface area contributed by atoms with Gasteiger partial charge in [-0.15, -0.1) is 0 Å². The zero-order valence-electron chi connectivity index (χ0n) is 14.3. The number of pyridine rings is 1. The van der Waals surface area contributed by atoms with E-state index >= 15 is 0 Å². The van der Waals surface area contributed by atoms with Gasteiger partial charge in [0.25, 0.3) is 0 Å². The Balaban J connectivity index is 1.97. The Labute approximate surface area is 155 Å². The summed E-state index contributed by atoms with van der Waals surface area (Å²) >= 11 is 3.55. The Kier molecular flexibility index (Phi) is 4.27. The molecule has 0 radical (unpaired) electrons. The van der Waals surface area contributed by atoms with Gasteiger partial charge >= 0.3 is 0 Å². The summed E-state index contributed by atoms with van der Waals surface area (Å²) in [5, 5.41) is 1.13. The van der Waals surface area contributed by atoms with E-state index in [0.29, 0.717) is 0 Å². The SMILES string of the molecule is CN(C)CCn1c(-c2cccc3cccnc23)nc2cc(Br)ccc21. The van der Waals surface area contributed by atoms with Gasteiger partial charge in [0.2, 0.25) is 0 Å². The van der Waals surface area contributed by atoms with Gasteiger partial charge in [-0.05, 0) is 44.4 Å². The minimum Gasteiger partial charge on any atom is -0.323 e. The van der Waals surface area contributed by atoms with Crippen LogP contribution in [0.15, 0.2) is 59.2 Å². The maximum Gasteiger partial charge on any atom is 0.143 e. The van der Waals surface area contributed by atoms with Crippen LogP contribution in [0.25, 0.3) is 33.3 Å². The van der Waals surface area contributed by atoms with E-state index in [1.807, 2.05) is 12.3 Å². The van der Waals surface area contributed by atoms with Gasteiger partial charge < -0.3 is 9.47 Å². The molecule has 4 aromatic rings. The fraction of sp³-hybridized carbons (Fsp3) is 0.200. The first-order chi connectivity index (χ1) is 12.1. The van der Waals surface area contributed by atoms with E-state index in [4.69, 9.17) is 4.98 Å². The van der Waals surface area contributed by atoms with Gasteiger partial charge in [0.05, 0.1) is 16.6 Å². The second kappa shape index (κ2) is 6.58. The highest BCUT2D eigenvalue weighted by molar-refractivity contribution is 9.10. The quantitative estimate of drug-likeness (QED) is 0.508. The largest absolute Gasteiger partial charge is 0.323 e. The monoisotopic (exact) mass is 394 g/mol. The van der Waals surface area contributed by atoms with E-state index < -0.39 is 0 Å². The summed E-state index contributed by atoms with van der Waals surface area (Å²) < 4.78 is 3.34. The lowest BCUT2D eigenvalue weighted by atomic mass is 10.1. The minimum absolute atomic E-state index is 0.879. The molecule has 0 unspecified atom stereocenters. The minimum atomic E-state index is 0.879. The third-order valence-corrected chi connectivity index (χ3v) is 4.85. The van der Waals surface area contributed by atoms with Crippen molar-refractivity contribution in [3.8, 4) is 11.4 Å². The third kappa shape index (κ3) is 3.05. The van der Waals surface area contributed by atoms with Gasteiger partial charge in [0.1, 0.15) is 5.82 Å². The number of likely N-dealkylation sites (N-methyl/N-ethyl adjacent to an activating group) is 1. The van der Waals surface area contributed by atoms with Crippen LogP contribution in [-0.2, 0) is 6.54 Å². The van der Waals surface area contributed by atoms with Crippen molar-refractivity contribution in [2.45, 2.75) is 6.54 Å². The molecule has 25 heavy (non-hydrogen) atoms. The van der Waals surface area contributed by atoms with Gasteiger partial charge in [-0.1, -0.05) is 34.1 Å². The number of hydrogen-bond acceptors (Lipinski definition) is 3. The smallest absolute Gasteiger partial charge is 0.143 e. The Hall–Kier alpha value is -2.24. The first-order valence-corrected chi connectivity index (χ1v) is 9.07. The Morgan fingerprint density at radius 1 is 1.08 bits per heavy atom. The van der Waals surface area contributed by atoms with Crippen molar-refractivity contribution in [2.75, 3.05) is 20.6 Å². The van der Waals surface area contributed by atoms with E-state index in [9.17, 15) is 0 Å². The predicted octanol–water partition coefficient (Wildman–Crippen LogP) is 4.58. The fourth-order valence-electron chi connectivity index (χ4n) is 3.12. The fourth-order valence-corrected chi connectivity index (χ4v) is 3.47. The molecule has 2 aromatic carbocycles. The average molecular weight is 395 g/mol. The van der Waals surface area contributed by atoms with Crippen LogP contribution >= 0.6 is 15.9 Å². The standard InChI is InChI=1S/C20H19BrN4/c1-24(2)11-12-25-18-9-8-15(21)13-17(18)23-20(25)16-7-3-5-14-6-4-10-22-19(14)16/h3-10,13H,11-12H2,1-2H3. The van der Waals surface area contributed by atoms with Crippen molar-refractivity contribution in [1.29, 1.82) is 0 Å². The number of hydrogen-bond donors (Lipinski definition) is 0. The molecule has 0 aliphatic rings. The first-order valence-electron chi connectivity index (χ1n) is 8.28. The number of benzene rings is 2. The number of fused-ring (bicyclic) bond motifs is 2. The number of nitrogens with zero attached hydrogens (tertiary/aromatic N) is 4. The van der Waals surface area contributed by atoms with Crippen molar-refractivity contribution in [3.05, 3.63) is 59.2 Å². The molecule has 0 bridgehead atoms. The maximum atomic E-state index is 4.95. The second-order valence-corrected chi connectivity index (χ2v) is 7.32. The summed E-state index contributed by atoms with van der Waals surface area (Å²) in [5.41, 5.74) is 4.21. The van der Waals surface area contributed by atoms with Crippen LogP contribution in [0.1, 0.15) is 0 Å². The van der Waals surface area contributed by atoms with E-state index in [-0.39, 0.29) is 0 Å². The molecule has 4 nitrogen and oxygen atoms in total. The predicted molar refractivity (Wildman–Crippen MR) is 107 cm³/mol. The van der Waals surface area contributed by atoms with Crippen LogP contribution < -0.4 is 0 Å². The van der Waals surface area contributed by atoms with Crippen molar-refractivity contribution < 1.29 is 0 Å². The van der Waals surface area contributed by atoms with Gasteiger partial charge in [-0.2, -0.15) is 0 Å². The number of aromatic nitrogens is 3. The molecule has 0 N–H and O–H groups in total. The molecule has 126 valence electrons. The number of imidazole rings is 1. The highest BCUT2D eigenvalue weighted by atomic mass is 79.9. The molecule has 0 saturated heterocycles. The van der Waals surface area contributed by atoms with Gasteiger partial charge in [0.15, 0.2) is 0 Å². The highest BCUT2D eigenvalue weighted by Gasteiger charge is 2.15. The summed E-state index contributed by atoms with van der Waals surface area (Å²) in [4.78, 5) is 11.7. The summed E-state index contributed by atoms with van der Waals surface area (Å²) in [6.07, 6.45) is 1.84. The van der Waals surface area contributed by atoms with E-state index in [1.54, 1.807) is 0 Å². The Morgan fingerprint density at radius 2 is 1.92 bits per heavy atom. The van der Waals surface area contributed by atoms with Gasteiger partial charge in [0, 0.05) is 34.7 Å². The van der Waals surface area contributed by atoms with E-state index in [2.05, 4.69) is 86.9 Å². The van der Waals surface area contributed by atoms with Gasteiger partial charge in [-0.3, -0.25) is 4.98 Å². The summed E-state index contributed by atoms with van der Waals surface area (Å²) in [6, 6.07) is 16.6. The second-order valence-electron chi connectivity index (χ2n) is 6.40. The molecule has 0 fully saturated rings. The Bertz CT molecular complexity index is 1050. The lowest BCUT2D eigenvalue weighted by Crippen LogP contribution is -2.18. The summed E-state index contributed by atoms with van der Waals surface area (Å²) in [7, 11) is 4.18. The van der Waals surface area contributed by atoms with Crippen LogP contribution in [0.2, 0.25) is 0 Å². The molecule has 5 heteroatoms. The topological polar surface area (TPSA) is 34.0 Å².